The maximum Gasteiger partial charge on any atom is 0.124 e. The van der Waals surface area contributed by atoms with Gasteiger partial charge in [-0.2, -0.15) is 0 Å². The molecule has 0 aliphatic carbocycles. The zero-order valence-electron chi connectivity index (χ0n) is 10.1. The summed E-state index contributed by atoms with van der Waals surface area (Å²) in [6.45, 7) is 4.43. The Kier molecular flexibility index (Phi) is 3.25. The highest BCUT2D eigenvalue weighted by molar-refractivity contribution is 5.71. The number of hydrogen-bond donors (Lipinski definition) is 1. The van der Waals surface area contributed by atoms with Crippen molar-refractivity contribution in [2.75, 3.05) is 0 Å². The van der Waals surface area contributed by atoms with E-state index >= 15 is 0 Å². The molecule has 17 heavy (non-hydrogen) atoms. The first-order valence-electron chi connectivity index (χ1n) is 5.68. The van der Waals surface area contributed by atoms with Crippen molar-refractivity contribution >= 4 is 0 Å². The molecule has 0 heterocycles. The minimum atomic E-state index is -0.231. The molecule has 0 bridgehead atoms. The van der Waals surface area contributed by atoms with Gasteiger partial charge in [0.25, 0.3) is 0 Å². The van der Waals surface area contributed by atoms with Gasteiger partial charge in [0, 0.05) is 6.54 Å². The summed E-state index contributed by atoms with van der Waals surface area (Å²) in [5, 5.41) is 0. The molecule has 0 amide bonds. The van der Waals surface area contributed by atoms with E-state index in [1.54, 1.807) is 6.07 Å². The largest absolute Gasteiger partial charge is 0.326 e. The lowest BCUT2D eigenvalue weighted by Gasteiger charge is -2.11. The van der Waals surface area contributed by atoms with Crippen molar-refractivity contribution in [2.24, 2.45) is 5.73 Å². The fourth-order valence-electron chi connectivity index (χ4n) is 2.18. The molecule has 0 aliphatic rings. The van der Waals surface area contributed by atoms with Gasteiger partial charge < -0.3 is 5.73 Å². The standard InChI is InChI=1S/C15H16FN/c1-10-4-3-5-11(2)15(10)13-6-12(9-17)7-14(16)8-13/h3-8H,9,17H2,1-2H3. The van der Waals surface area contributed by atoms with E-state index in [-0.39, 0.29) is 5.82 Å². The third-order valence-electron chi connectivity index (χ3n) is 2.96. The molecule has 2 heteroatoms. The number of rotatable bonds is 2. The van der Waals surface area contributed by atoms with Gasteiger partial charge in [0.15, 0.2) is 0 Å². The molecule has 0 saturated carbocycles. The van der Waals surface area contributed by atoms with Gasteiger partial charge >= 0.3 is 0 Å². The van der Waals surface area contributed by atoms with E-state index in [0.717, 1.165) is 27.8 Å². The molecular formula is C15H16FN. The minimum Gasteiger partial charge on any atom is -0.326 e. The topological polar surface area (TPSA) is 26.0 Å². The van der Waals surface area contributed by atoms with Crippen LogP contribution >= 0.6 is 0 Å². The van der Waals surface area contributed by atoms with Crippen molar-refractivity contribution in [3.05, 3.63) is 58.9 Å². The molecular weight excluding hydrogens is 213 g/mol. The first-order chi connectivity index (χ1) is 8.11. The van der Waals surface area contributed by atoms with Crippen molar-refractivity contribution in [1.82, 2.24) is 0 Å². The minimum absolute atomic E-state index is 0.231. The fraction of sp³-hybridized carbons (Fsp3) is 0.200. The third kappa shape index (κ3) is 2.37. The second-order valence-electron chi connectivity index (χ2n) is 4.32. The highest BCUT2D eigenvalue weighted by atomic mass is 19.1. The van der Waals surface area contributed by atoms with Crippen LogP contribution in [0, 0.1) is 19.7 Å². The average molecular weight is 229 g/mol. The van der Waals surface area contributed by atoms with Gasteiger partial charge in [-0.25, -0.2) is 4.39 Å². The van der Waals surface area contributed by atoms with Crippen LogP contribution in [0.2, 0.25) is 0 Å². The van der Waals surface area contributed by atoms with Crippen LogP contribution < -0.4 is 5.73 Å². The average Bonchev–Trinajstić information content (AvgIpc) is 2.28. The SMILES string of the molecule is Cc1cccc(C)c1-c1cc(F)cc(CN)c1. The lowest BCUT2D eigenvalue weighted by atomic mass is 9.94. The highest BCUT2D eigenvalue weighted by Crippen LogP contribution is 2.28. The fourth-order valence-corrected chi connectivity index (χ4v) is 2.18. The molecule has 0 radical (unpaired) electrons. The van der Waals surface area contributed by atoms with Gasteiger partial charge in [0.05, 0.1) is 0 Å². The first kappa shape index (κ1) is 11.8. The maximum absolute atomic E-state index is 13.5. The maximum atomic E-state index is 13.5. The van der Waals surface area contributed by atoms with E-state index in [2.05, 4.69) is 0 Å². The van der Waals surface area contributed by atoms with Crippen molar-refractivity contribution in [1.29, 1.82) is 0 Å². The molecule has 0 spiro atoms. The Labute approximate surface area is 101 Å². The van der Waals surface area contributed by atoms with Gasteiger partial charge in [-0.15, -0.1) is 0 Å². The number of halogens is 1. The summed E-state index contributed by atoms with van der Waals surface area (Å²) in [7, 11) is 0. The number of benzene rings is 2. The molecule has 2 aromatic carbocycles. The zero-order chi connectivity index (χ0) is 12.4. The lowest BCUT2D eigenvalue weighted by Crippen LogP contribution is -1.98. The van der Waals surface area contributed by atoms with Crippen molar-refractivity contribution in [2.45, 2.75) is 20.4 Å². The predicted octanol–water partition coefficient (Wildman–Crippen LogP) is 3.57. The molecule has 0 unspecified atom stereocenters. The zero-order valence-corrected chi connectivity index (χ0v) is 10.1. The summed E-state index contributed by atoms with van der Waals surface area (Å²) >= 11 is 0. The molecule has 2 rings (SSSR count). The molecule has 0 saturated heterocycles. The van der Waals surface area contributed by atoms with E-state index < -0.39 is 0 Å². The van der Waals surface area contributed by atoms with Gasteiger partial charge in [-0.05, 0) is 59.9 Å². The second-order valence-corrected chi connectivity index (χ2v) is 4.32. The first-order valence-corrected chi connectivity index (χ1v) is 5.68. The Balaban J connectivity index is 2.64. The van der Waals surface area contributed by atoms with E-state index in [0.29, 0.717) is 6.54 Å². The van der Waals surface area contributed by atoms with Crippen LogP contribution in [0.5, 0.6) is 0 Å². The molecule has 2 aromatic rings. The van der Waals surface area contributed by atoms with Crippen molar-refractivity contribution < 1.29 is 4.39 Å². The molecule has 2 N–H and O–H groups in total. The van der Waals surface area contributed by atoms with E-state index in [9.17, 15) is 4.39 Å². The van der Waals surface area contributed by atoms with Crippen LogP contribution in [-0.4, -0.2) is 0 Å². The Morgan fingerprint density at radius 1 is 1.06 bits per heavy atom. The van der Waals surface area contributed by atoms with Crippen molar-refractivity contribution in [3.63, 3.8) is 0 Å². The summed E-state index contributed by atoms with van der Waals surface area (Å²) in [5.41, 5.74) is 10.7. The summed E-state index contributed by atoms with van der Waals surface area (Å²) in [6.07, 6.45) is 0. The molecule has 0 fully saturated rings. The van der Waals surface area contributed by atoms with Crippen LogP contribution in [0.15, 0.2) is 36.4 Å². The van der Waals surface area contributed by atoms with E-state index in [1.165, 1.54) is 6.07 Å². The predicted molar refractivity (Wildman–Crippen MR) is 69.2 cm³/mol. The van der Waals surface area contributed by atoms with E-state index in [4.69, 9.17) is 5.73 Å². The van der Waals surface area contributed by atoms with Crippen LogP contribution in [0.4, 0.5) is 4.39 Å². The van der Waals surface area contributed by atoms with Crippen LogP contribution in [0.3, 0.4) is 0 Å². The van der Waals surface area contributed by atoms with Crippen LogP contribution in [0.1, 0.15) is 16.7 Å². The van der Waals surface area contributed by atoms with Gasteiger partial charge in [-0.1, -0.05) is 18.2 Å². The number of aryl methyl sites for hydroxylation is 2. The highest BCUT2D eigenvalue weighted by Gasteiger charge is 2.07. The molecule has 88 valence electrons. The lowest BCUT2D eigenvalue weighted by molar-refractivity contribution is 0.626. The summed E-state index contributed by atoms with van der Waals surface area (Å²) in [4.78, 5) is 0. The Morgan fingerprint density at radius 2 is 1.71 bits per heavy atom. The van der Waals surface area contributed by atoms with Crippen molar-refractivity contribution in [3.8, 4) is 11.1 Å². The Morgan fingerprint density at radius 3 is 2.29 bits per heavy atom. The molecule has 1 nitrogen and oxygen atoms in total. The van der Waals surface area contributed by atoms with Gasteiger partial charge in [0.1, 0.15) is 5.82 Å². The third-order valence-corrected chi connectivity index (χ3v) is 2.96. The molecule has 0 aromatic heterocycles. The quantitative estimate of drug-likeness (QED) is 0.837. The van der Waals surface area contributed by atoms with Crippen LogP contribution in [0.25, 0.3) is 11.1 Å². The summed E-state index contributed by atoms with van der Waals surface area (Å²) in [5.74, 6) is -0.231. The second kappa shape index (κ2) is 4.68. The number of nitrogens with two attached hydrogens (primary N) is 1. The molecule has 0 atom stereocenters. The smallest absolute Gasteiger partial charge is 0.124 e. The monoisotopic (exact) mass is 229 g/mol. The number of hydrogen-bond acceptors (Lipinski definition) is 1. The summed E-state index contributed by atoms with van der Waals surface area (Å²) < 4.78 is 13.5. The van der Waals surface area contributed by atoms with Gasteiger partial charge in [-0.3, -0.25) is 0 Å². The summed E-state index contributed by atoms with van der Waals surface area (Å²) in [6, 6.07) is 11.1. The Bertz CT molecular complexity index is 526. The van der Waals surface area contributed by atoms with Crippen LogP contribution in [-0.2, 0) is 6.54 Å². The van der Waals surface area contributed by atoms with Gasteiger partial charge in [0.2, 0.25) is 0 Å². The van der Waals surface area contributed by atoms with E-state index in [1.807, 2.05) is 38.1 Å². The molecule has 0 aliphatic heterocycles. The Hall–Kier alpha value is -1.67. The normalized spacial score (nSPS) is 10.6.